The van der Waals surface area contributed by atoms with E-state index in [1.165, 1.54) is 32.2 Å². The average molecular weight is 420 g/mol. The van der Waals surface area contributed by atoms with Crippen molar-refractivity contribution in [2.45, 2.75) is 44.4 Å². The lowest BCUT2D eigenvalue weighted by molar-refractivity contribution is 0.223. The monoisotopic (exact) mass is 419 g/mol. The quantitative estimate of drug-likeness (QED) is 0.384. The first-order valence-corrected chi connectivity index (χ1v) is 11.6. The van der Waals surface area contributed by atoms with Gasteiger partial charge >= 0.3 is 0 Å². The summed E-state index contributed by atoms with van der Waals surface area (Å²) in [5.74, 6) is 0.0252. The molecule has 0 spiro atoms. The highest BCUT2D eigenvalue weighted by Gasteiger charge is 2.38. The second-order valence-corrected chi connectivity index (χ2v) is 10.6. The summed E-state index contributed by atoms with van der Waals surface area (Å²) in [5.41, 5.74) is 0.781. The van der Waals surface area contributed by atoms with E-state index in [4.69, 9.17) is 4.74 Å². The van der Waals surface area contributed by atoms with E-state index in [1.54, 1.807) is 13.8 Å². The Labute approximate surface area is 160 Å². The Balaban J connectivity index is 2.51. The van der Waals surface area contributed by atoms with Gasteiger partial charge in [0.15, 0.2) is 9.84 Å². The van der Waals surface area contributed by atoms with E-state index in [1.807, 2.05) is 0 Å². The third kappa shape index (κ3) is 5.11. The normalized spacial score (nSPS) is 20.0. The summed E-state index contributed by atoms with van der Waals surface area (Å²) in [7, 11) is -5.98. The lowest BCUT2D eigenvalue weighted by Gasteiger charge is -2.25. The highest BCUT2D eigenvalue weighted by Crippen LogP contribution is 2.31. The molecule has 9 nitrogen and oxygen atoms in total. The van der Waals surface area contributed by atoms with E-state index in [0.29, 0.717) is 17.1 Å². The number of nitrogens with one attached hydrogen (secondary N) is 1. The van der Waals surface area contributed by atoms with Gasteiger partial charge in [0.2, 0.25) is 0 Å². The molecule has 1 heterocycles. The zero-order chi connectivity index (χ0) is 20.4. The molecule has 27 heavy (non-hydrogen) atoms. The molecule has 1 saturated heterocycles. The molecule has 0 unspecified atom stereocenters. The van der Waals surface area contributed by atoms with Gasteiger partial charge in [-0.25, -0.2) is 8.42 Å². The summed E-state index contributed by atoms with van der Waals surface area (Å²) in [5, 5.41) is 16.4. The Morgan fingerprint density at radius 2 is 2.07 bits per heavy atom. The molecule has 1 aliphatic heterocycles. The third-order valence-corrected chi connectivity index (χ3v) is 7.37. The lowest BCUT2D eigenvalue weighted by Crippen LogP contribution is -2.37. The maximum Gasteiger partial charge on any atom is 0.279 e. The largest absolute Gasteiger partial charge is 0.495 e. The van der Waals surface area contributed by atoms with E-state index in [9.17, 15) is 21.9 Å². The van der Waals surface area contributed by atoms with Crippen molar-refractivity contribution < 1.29 is 26.7 Å². The number of anilines is 1. The number of hydrogen-bond acceptors (Lipinski definition) is 8. The molecular weight excluding hydrogens is 394 g/mol. The zero-order valence-corrected chi connectivity index (χ0v) is 17.3. The summed E-state index contributed by atoms with van der Waals surface area (Å²) in [6.07, 6.45) is -0.739. The predicted octanol–water partition coefficient (Wildman–Crippen LogP) is 1.02. The van der Waals surface area contributed by atoms with Crippen LogP contribution in [0.25, 0.3) is 0 Å². The fourth-order valence-electron chi connectivity index (χ4n) is 2.77. The summed E-state index contributed by atoms with van der Waals surface area (Å²) in [6.45, 7) is 4.77. The molecule has 0 aromatic heterocycles. The van der Waals surface area contributed by atoms with Gasteiger partial charge in [0.1, 0.15) is 12.0 Å². The molecule has 1 aromatic carbocycles. The van der Waals surface area contributed by atoms with Gasteiger partial charge in [0, 0.05) is 5.71 Å². The van der Waals surface area contributed by atoms with Crippen molar-refractivity contribution in [3.8, 4) is 5.75 Å². The van der Waals surface area contributed by atoms with Gasteiger partial charge in [0.05, 0.1) is 35.2 Å². The van der Waals surface area contributed by atoms with Crippen LogP contribution in [0, 0.1) is 0 Å². The van der Waals surface area contributed by atoms with Gasteiger partial charge in [0.25, 0.3) is 10.0 Å². The van der Waals surface area contributed by atoms with E-state index in [2.05, 4.69) is 10.4 Å². The molecule has 0 aliphatic carbocycles. The Kier molecular flexibility index (Phi) is 6.38. The van der Waals surface area contributed by atoms with Gasteiger partial charge in [-0.15, -0.1) is 0 Å². The minimum Gasteiger partial charge on any atom is -0.495 e. The van der Waals surface area contributed by atoms with Crippen molar-refractivity contribution in [2.24, 2.45) is 5.10 Å². The molecule has 2 rings (SSSR count). The van der Waals surface area contributed by atoms with Crippen molar-refractivity contribution in [3.63, 3.8) is 0 Å². The molecule has 1 fully saturated rings. The number of aliphatic hydroxyl groups excluding tert-OH is 1. The molecule has 0 bridgehead atoms. The molecule has 2 atom stereocenters. The summed E-state index contributed by atoms with van der Waals surface area (Å²) < 4.78 is 56.1. The Morgan fingerprint density at radius 1 is 1.41 bits per heavy atom. The smallest absolute Gasteiger partial charge is 0.279 e. The number of hydrazone groups is 1. The number of sulfone groups is 1. The van der Waals surface area contributed by atoms with Gasteiger partial charge in [-0.3, -0.25) is 0 Å². The molecule has 1 aromatic rings. The number of benzene rings is 1. The number of rotatable bonds is 7. The van der Waals surface area contributed by atoms with Crippen LogP contribution in [0.4, 0.5) is 5.69 Å². The number of ether oxygens (including phenoxy) is 1. The number of methoxy groups -OCH3 is 1. The first-order valence-electron chi connectivity index (χ1n) is 8.35. The fourth-order valence-corrected chi connectivity index (χ4v) is 6.12. The van der Waals surface area contributed by atoms with E-state index in [-0.39, 0.29) is 22.8 Å². The molecule has 2 N–H and O–H groups in total. The van der Waals surface area contributed by atoms with Crippen LogP contribution in [0.1, 0.15) is 27.2 Å². The van der Waals surface area contributed by atoms with Crippen molar-refractivity contribution in [1.82, 2.24) is 4.41 Å². The fraction of sp³-hybridized carbons (Fsp3) is 0.562. The molecule has 152 valence electrons. The minimum atomic E-state index is -4.11. The van der Waals surface area contributed by atoms with E-state index < -0.39 is 32.1 Å². The SMILES string of the molecule is COc1ccc(S(=O)(=O)N(N=C(C)C)[C@H]2CCS(=O)(=O)C2)cc1N[C@H](C)O. The van der Waals surface area contributed by atoms with Crippen LogP contribution in [0.2, 0.25) is 0 Å². The second kappa shape index (κ2) is 8.03. The lowest BCUT2D eigenvalue weighted by atomic mass is 10.3. The van der Waals surface area contributed by atoms with Crippen LogP contribution < -0.4 is 10.1 Å². The highest BCUT2D eigenvalue weighted by molar-refractivity contribution is 7.92. The van der Waals surface area contributed by atoms with Gasteiger partial charge in [-0.1, -0.05) is 0 Å². The first kappa shape index (κ1) is 21.5. The third-order valence-electron chi connectivity index (χ3n) is 3.90. The van der Waals surface area contributed by atoms with Crippen LogP contribution in [0.5, 0.6) is 5.75 Å². The van der Waals surface area contributed by atoms with Crippen LogP contribution in [-0.4, -0.2) is 63.0 Å². The molecular formula is C16H25N3O6S2. The Bertz CT molecular complexity index is 921. The van der Waals surface area contributed by atoms with Gasteiger partial charge in [-0.05, 0) is 45.4 Å². The molecule has 11 heteroatoms. The molecule has 0 saturated carbocycles. The number of aliphatic hydroxyl groups is 1. The van der Waals surface area contributed by atoms with Crippen molar-refractivity contribution in [1.29, 1.82) is 0 Å². The van der Waals surface area contributed by atoms with Crippen LogP contribution in [0.3, 0.4) is 0 Å². The summed E-state index contributed by atoms with van der Waals surface area (Å²) in [6, 6.07) is 3.39. The predicted molar refractivity (Wildman–Crippen MR) is 103 cm³/mol. The standard InChI is InChI=1S/C16H25N3O6S2/c1-11(2)18-19(13-7-8-26(21,22)10-13)27(23,24)14-5-6-16(25-4)15(9-14)17-12(3)20/h5-6,9,12-13,17,20H,7-8,10H2,1-4H3/t12-,13-/m0/s1. The Hall–Kier alpha value is -1.85. The van der Waals surface area contributed by atoms with Crippen LogP contribution in [0.15, 0.2) is 28.2 Å². The molecule has 0 radical (unpaired) electrons. The maximum absolute atomic E-state index is 13.2. The first-order chi connectivity index (χ1) is 12.5. The molecule has 1 aliphatic rings. The maximum atomic E-state index is 13.2. The Morgan fingerprint density at radius 3 is 2.56 bits per heavy atom. The number of nitrogens with zero attached hydrogens (tertiary/aromatic N) is 2. The van der Waals surface area contributed by atoms with E-state index in [0.717, 1.165) is 4.41 Å². The van der Waals surface area contributed by atoms with Crippen molar-refractivity contribution in [3.05, 3.63) is 18.2 Å². The summed E-state index contributed by atoms with van der Waals surface area (Å²) in [4.78, 5) is -0.0826. The zero-order valence-electron chi connectivity index (χ0n) is 15.7. The van der Waals surface area contributed by atoms with Crippen LogP contribution in [-0.2, 0) is 19.9 Å². The number of hydrogen-bond donors (Lipinski definition) is 2. The second-order valence-electron chi connectivity index (χ2n) is 6.56. The number of sulfonamides is 1. The van der Waals surface area contributed by atoms with Crippen LogP contribution >= 0.6 is 0 Å². The van der Waals surface area contributed by atoms with Gasteiger partial charge < -0.3 is 15.2 Å². The highest BCUT2D eigenvalue weighted by atomic mass is 32.2. The topological polar surface area (TPSA) is 125 Å². The minimum absolute atomic E-state index is 0.0700. The van der Waals surface area contributed by atoms with E-state index >= 15 is 0 Å². The molecule has 0 amide bonds. The van der Waals surface area contributed by atoms with Gasteiger partial charge in [-0.2, -0.15) is 17.9 Å². The average Bonchev–Trinajstić information content (AvgIpc) is 2.91. The van der Waals surface area contributed by atoms with Crippen molar-refractivity contribution >= 4 is 31.3 Å². The summed E-state index contributed by atoms with van der Waals surface area (Å²) >= 11 is 0. The van der Waals surface area contributed by atoms with Crippen molar-refractivity contribution in [2.75, 3.05) is 23.9 Å².